The predicted octanol–water partition coefficient (Wildman–Crippen LogP) is 1.96. The molecule has 0 amide bonds. The van der Waals surface area contributed by atoms with Crippen molar-refractivity contribution in [3.63, 3.8) is 0 Å². The number of benzene rings is 1. The van der Waals surface area contributed by atoms with Gasteiger partial charge in [-0.3, -0.25) is 4.72 Å². The molecule has 0 atom stereocenters. The van der Waals surface area contributed by atoms with Crippen LogP contribution in [0, 0.1) is 6.92 Å². The second-order valence-electron chi connectivity index (χ2n) is 4.03. The minimum absolute atomic E-state index is 0.0362. The molecule has 0 aliphatic carbocycles. The summed E-state index contributed by atoms with van der Waals surface area (Å²) in [5, 5.41) is 9.07. The molecule has 7 nitrogen and oxygen atoms in total. The molecule has 0 spiro atoms. The van der Waals surface area contributed by atoms with E-state index in [1.54, 1.807) is 12.1 Å². The number of rotatable bonds is 5. The summed E-state index contributed by atoms with van der Waals surface area (Å²) < 4.78 is 35.8. The highest BCUT2D eigenvalue weighted by Gasteiger charge is 2.25. The fraction of sp³-hybridized carbons (Fsp3) is 0.167. The van der Waals surface area contributed by atoms with E-state index in [9.17, 15) is 13.2 Å². The summed E-state index contributed by atoms with van der Waals surface area (Å²) in [5.41, 5.74) is 0.101. The molecule has 1 heterocycles. The molecule has 2 rings (SSSR count). The molecule has 2 aromatic rings. The number of carbonyl (C=O) groups is 1. The maximum atomic E-state index is 12.4. The fourth-order valence-electron chi connectivity index (χ4n) is 1.71. The lowest BCUT2D eigenvalue weighted by atomic mass is 10.2. The van der Waals surface area contributed by atoms with Crippen LogP contribution in [0.2, 0.25) is 0 Å². The van der Waals surface area contributed by atoms with E-state index in [1.165, 1.54) is 26.2 Å². The SMILES string of the molecule is COc1ccccc1S(=O)(=O)Nc1snc(C)c1C(=O)O. The minimum atomic E-state index is -3.97. The summed E-state index contributed by atoms with van der Waals surface area (Å²) in [7, 11) is -2.61. The van der Waals surface area contributed by atoms with Gasteiger partial charge in [0.15, 0.2) is 0 Å². The van der Waals surface area contributed by atoms with E-state index < -0.39 is 16.0 Å². The molecule has 9 heteroatoms. The second-order valence-corrected chi connectivity index (χ2v) is 6.46. The number of hydrogen-bond donors (Lipinski definition) is 2. The largest absolute Gasteiger partial charge is 0.495 e. The number of anilines is 1. The van der Waals surface area contributed by atoms with Gasteiger partial charge in [-0.05, 0) is 30.6 Å². The van der Waals surface area contributed by atoms with Crippen molar-refractivity contribution in [3.05, 3.63) is 35.5 Å². The van der Waals surface area contributed by atoms with Gasteiger partial charge in [-0.1, -0.05) is 12.1 Å². The number of aryl methyl sites for hydroxylation is 1. The molecular weight excluding hydrogens is 316 g/mol. The van der Waals surface area contributed by atoms with Gasteiger partial charge in [0.2, 0.25) is 0 Å². The van der Waals surface area contributed by atoms with Crippen LogP contribution in [-0.2, 0) is 10.0 Å². The van der Waals surface area contributed by atoms with Gasteiger partial charge >= 0.3 is 5.97 Å². The van der Waals surface area contributed by atoms with Crippen molar-refractivity contribution in [2.45, 2.75) is 11.8 Å². The van der Waals surface area contributed by atoms with Crippen molar-refractivity contribution < 1.29 is 23.1 Å². The molecule has 0 bridgehead atoms. The number of aromatic nitrogens is 1. The standard InChI is InChI=1S/C12H12N2O5S2/c1-7-10(12(15)16)11(20-13-7)14-21(17,18)9-6-4-3-5-8(9)19-2/h3-6,14H,1-2H3,(H,15,16). The molecule has 0 saturated carbocycles. The number of nitrogens with zero attached hydrogens (tertiary/aromatic N) is 1. The van der Waals surface area contributed by atoms with Gasteiger partial charge in [-0.2, -0.15) is 4.37 Å². The number of sulfonamides is 1. The molecule has 0 unspecified atom stereocenters. The summed E-state index contributed by atoms with van der Waals surface area (Å²) in [6.07, 6.45) is 0. The Morgan fingerprint density at radius 2 is 2.05 bits per heavy atom. The van der Waals surface area contributed by atoms with Gasteiger partial charge in [0.05, 0.1) is 12.8 Å². The normalized spacial score (nSPS) is 11.1. The maximum absolute atomic E-state index is 12.4. The number of nitrogens with one attached hydrogen (secondary N) is 1. The van der Waals surface area contributed by atoms with Crippen LogP contribution < -0.4 is 9.46 Å². The van der Waals surface area contributed by atoms with Crippen LogP contribution in [0.5, 0.6) is 5.75 Å². The Labute approximate surface area is 125 Å². The van der Waals surface area contributed by atoms with Crippen molar-refractivity contribution in [2.75, 3.05) is 11.8 Å². The molecule has 0 radical (unpaired) electrons. The molecule has 21 heavy (non-hydrogen) atoms. The lowest BCUT2D eigenvalue weighted by Crippen LogP contribution is -2.15. The van der Waals surface area contributed by atoms with Crippen molar-refractivity contribution >= 4 is 32.5 Å². The lowest BCUT2D eigenvalue weighted by molar-refractivity contribution is 0.0697. The van der Waals surface area contributed by atoms with Crippen LogP contribution in [0.4, 0.5) is 5.00 Å². The van der Waals surface area contributed by atoms with Gasteiger partial charge in [0.25, 0.3) is 10.0 Å². The van der Waals surface area contributed by atoms with E-state index in [0.29, 0.717) is 0 Å². The zero-order valence-corrected chi connectivity index (χ0v) is 12.8. The molecule has 2 N–H and O–H groups in total. The molecule has 0 saturated heterocycles. The number of para-hydroxylation sites is 1. The number of aromatic carboxylic acids is 1. The molecular formula is C12H12N2O5S2. The zero-order valence-electron chi connectivity index (χ0n) is 11.2. The Morgan fingerprint density at radius 1 is 1.38 bits per heavy atom. The first-order valence-corrected chi connectivity index (χ1v) is 7.98. The first kappa shape index (κ1) is 15.3. The Morgan fingerprint density at radius 3 is 2.67 bits per heavy atom. The van der Waals surface area contributed by atoms with Gasteiger partial charge in [0, 0.05) is 0 Å². The summed E-state index contributed by atoms with van der Waals surface area (Å²) in [5.74, 6) is -1.07. The highest BCUT2D eigenvalue weighted by molar-refractivity contribution is 7.93. The van der Waals surface area contributed by atoms with Crippen LogP contribution in [0.15, 0.2) is 29.2 Å². The van der Waals surface area contributed by atoms with E-state index >= 15 is 0 Å². The summed E-state index contributed by atoms with van der Waals surface area (Å²) in [6.45, 7) is 1.50. The summed E-state index contributed by atoms with van der Waals surface area (Å²) >= 11 is 0.778. The van der Waals surface area contributed by atoms with Crippen molar-refractivity contribution in [2.24, 2.45) is 0 Å². The molecule has 0 aliphatic heterocycles. The summed E-state index contributed by atoms with van der Waals surface area (Å²) in [6, 6.07) is 6.06. The van der Waals surface area contributed by atoms with E-state index in [1.807, 2.05) is 0 Å². The molecule has 1 aromatic carbocycles. The Bertz CT molecular complexity index is 783. The third-order valence-electron chi connectivity index (χ3n) is 2.66. The Balaban J connectivity index is 2.45. The van der Waals surface area contributed by atoms with Crippen LogP contribution in [-0.4, -0.2) is 31.0 Å². The topological polar surface area (TPSA) is 106 Å². The molecule has 1 aromatic heterocycles. The van der Waals surface area contributed by atoms with E-state index in [-0.39, 0.29) is 26.9 Å². The number of ether oxygens (including phenoxy) is 1. The van der Waals surface area contributed by atoms with E-state index in [0.717, 1.165) is 11.5 Å². The number of methoxy groups -OCH3 is 1. The zero-order chi connectivity index (χ0) is 15.6. The van der Waals surface area contributed by atoms with Crippen molar-refractivity contribution in [1.82, 2.24) is 4.37 Å². The van der Waals surface area contributed by atoms with Crippen molar-refractivity contribution in [3.8, 4) is 5.75 Å². The molecule has 0 fully saturated rings. The van der Waals surface area contributed by atoms with Crippen LogP contribution in [0.25, 0.3) is 0 Å². The predicted molar refractivity (Wildman–Crippen MR) is 77.6 cm³/mol. The van der Waals surface area contributed by atoms with Gasteiger partial charge in [0.1, 0.15) is 21.2 Å². The smallest absolute Gasteiger partial charge is 0.340 e. The molecule has 112 valence electrons. The first-order chi connectivity index (χ1) is 9.86. The second kappa shape index (κ2) is 5.70. The maximum Gasteiger partial charge on any atom is 0.340 e. The van der Waals surface area contributed by atoms with Crippen molar-refractivity contribution in [1.29, 1.82) is 0 Å². The van der Waals surface area contributed by atoms with Crippen LogP contribution in [0.3, 0.4) is 0 Å². The third kappa shape index (κ3) is 2.98. The molecule has 0 aliphatic rings. The highest BCUT2D eigenvalue weighted by Crippen LogP contribution is 2.30. The Hall–Kier alpha value is -2.13. The number of carboxylic acid groups (broad SMARTS) is 1. The monoisotopic (exact) mass is 328 g/mol. The quantitative estimate of drug-likeness (QED) is 0.869. The third-order valence-corrected chi connectivity index (χ3v) is 5.03. The van der Waals surface area contributed by atoms with Gasteiger partial charge in [-0.15, -0.1) is 0 Å². The Kier molecular flexibility index (Phi) is 4.14. The van der Waals surface area contributed by atoms with Gasteiger partial charge in [-0.25, -0.2) is 13.2 Å². The van der Waals surface area contributed by atoms with E-state index in [4.69, 9.17) is 9.84 Å². The minimum Gasteiger partial charge on any atom is -0.495 e. The fourth-order valence-corrected chi connectivity index (χ4v) is 3.96. The number of hydrogen-bond acceptors (Lipinski definition) is 6. The highest BCUT2D eigenvalue weighted by atomic mass is 32.2. The van der Waals surface area contributed by atoms with Gasteiger partial charge < -0.3 is 9.84 Å². The van der Waals surface area contributed by atoms with Crippen LogP contribution in [0.1, 0.15) is 16.1 Å². The average Bonchev–Trinajstić information content (AvgIpc) is 2.79. The van der Waals surface area contributed by atoms with Crippen LogP contribution >= 0.6 is 11.5 Å². The number of carboxylic acids is 1. The lowest BCUT2D eigenvalue weighted by Gasteiger charge is -2.10. The summed E-state index contributed by atoms with van der Waals surface area (Å²) in [4.78, 5) is 11.1. The average molecular weight is 328 g/mol. The first-order valence-electron chi connectivity index (χ1n) is 5.72. The van der Waals surface area contributed by atoms with E-state index in [2.05, 4.69) is 9.10 Å².